The lowest BCUT2D eigenvalue weighted by Crippen LogP contribution is -2.46. The largest absolute Gasteiger partial charge is 0.493 e. The third-order valence-electron chi connectivity index (χ3n) is 5.26. The van der Waals surface area contributed by atoms with Crippen LogP contribution in [0.4, 0.5) is 13.2 Å². The third kappa shape index (κ3) is 9.30. The summed E-state index contributed by atoms with van der Waals surface area (Å²) in [5.41, 5.74) is 1.06. The average Bonchev–Trinajstić information content (AvgIpc) is 2.68. The Morgan fingerprint density at radius 3 is 2.45 bits per heavy atom. The Kier molecular flexibility index (Phi) is 11.7. The van der Waals surface area contributed by atoms with Crippen LogP contribution in [0.1, 0.15) is 38.2 Å². The summed E-state index contributed by atoms with van der Waals surface area (Å²) in [5.74, 6) is 1.01. The van der Waals surface area contributed by atoms with Crippen molar-refractivity contribution in [3.05, 3.63) is 23.8 Å². The molecule has 2 rings (SSSR count). The zero-order valence-electron chi connectivity index (χ0n) is 18.3. The quantitative estimate of drug-likeness (QED) is 0.237. The van der Waals surface area contributed by atoms with Crippen molar-refractivity contribution in [3.63, 3.8) is 0 Å². The lowest BCUT2D eigenvalue weighted by Gasteiger charge is -2.42. The summed E-state index contributed by atoms with van der Waals surface area (Å²) in [4.78, 5) is 4.60. The van der Waals surface area contributed by atoms with E-state index in [1.807, 2.05) is 6.92 Å². The van der Waals surface area contributed by atoms with Crippen LogP contribution in [0.25, 0.3) is 0 Å². The van der Waals surface area contributed by atoms with Gasteiger partial charge in [0.1, 0.15) is 0 Å². The molecule has 0 radical (unpaired) electrons. The summed E-state index contributed by atoms with van der Waals surface area (Å²) in [7, 11) is 3.12. The second kappa shape index (κ2) is 13.2. The van der Waals surface area contributed by atoms with Crippen LogP contribution < -0.4 is 20.1 Å². The first-order valence-corrected chi connectivity index (χ1v) is 10.2. The van der Waals surface area contributed by atoms with Crippen LogP contribution in [-0.2, 0) is 11.3 Å². The number of alkyl halides is 3. The van der Waals surface area contributed by atoms with Gasteiger partial charge in [-0.05, 0) is 49.3 Å². The summed E-state index contributed by atoms with van der Waals surface area (Å²) < 4.78 is 52.4. The van der Waals surface area contributed by atoms with Crippen LogP contribution in [0.15, 0.2) is 23.2 Å². The summed E-state index contributed by atoms with van der Waals surface area (Å²) in [6.07, 6.45) is 0.217. The van der Waals surface area contributed by atoms with Crippen molar-refractivity contribution in [2.75, 3.05) is 40.5 Å². The molecule has 0 spiro atoms. The topological polar surface area (TPSA) is 64.1 Å². The van der Waals surface area contributed by atoms with Crippen LogP contribution in [0.5, 0.6) is 11.5 Å². The second-order valence-electron chi connectivity index (χ2n) is 7.53. The number of hydrogen-bond acceptors (Lipinski definition) is 4. The smallest absolute Gasteiger partial charge is 0.422 e. The first-order chi connectivity index (χ1) is 14.3. The fourth-order valence-corrected chi connectivity index (χ4v) is 3.38. The number of benzene rings is 1. The van der Waals surface area contributed by atoms with E-state index in [1.165, 1.54) is 32.4 Å². The highest BCUT2D eigenvalue weighted by atomic mass is 127. The highest BCUT2D eigenvalue weighted by molar-refractivity contribution is 14.0. The van der Waals surface area contributed by atoms with Crippen molar-refractivity contribution >= 4 is 29.9 Å². The first kappa shape index (κ1) is 27.6. The Bertz CT molecular complexity index is 698. The molecule has 0 atom stereocenters. The molecule has 1 aromatic carbocycles. The lowest BCUT2D eigenvalue weighted by molar-refractivity contribution is -0.153. The number of nitrogens with zero attached hydrogens (tertiary/aromatic N) is 1. The summed E-state index contributed by atoms with van der Waals surface area (Å²) in [5, 5.41) is 6.66. The Morgan fingerprint density at radius 1 is 1.16 bits per heavy atom. The van der Waals surface area contributed by atoms with Crippen molar-refractivity contribution in [2.24, 2.45) is 10.4 Å². The molecular weight excluding hydrogens is 526 g/mol. The van der Waals surface area contributed by atoms with E-state index in [4.69, 9.17) is 14.2 Å². The molecule has 0 bridgehead atoms. The molecule has 1 fully saturated rings. The lowest BCUT2D eigenvalue weighted by atomic mass is 9.67. The number of ether oxygens (including phenoxy) is 3. The van der Waals surface area contributed by atoms with Crippen molar-refractivity contribution in [3.8, 4) is 11.5 Å². The van der Waals surface area contributed by atoms with E-state index in [2.05, 4.69) is 15.6 Å². The summed E-state index contributed by atoms with van der Waals surface area (Å²) >= 11 is 0. The van der Waals surface area contributed by atoms with E-state index in [0.717, 1.165) is 31.7 Å². The van der Waals surface area contributed by atoms with Crippen LogP contribution >= 0.6 is 24.0 Å². The van der Waals surface area contributed by atoms with Crippen LogP contribution in [0, 0.1) is 5.41 Å². The maximum Gasteiger partial charge on any atom is 0.422 e. The number of halogens is 4. The fraction of sp³-hybridized carbons (Fsp3) is 0.667. The maximum atomic E-state index is 12.4. The van der Waals surface area contributed by atoms with Crippen LogP contribution in [0.2, 0.25) is 0 Å². The van der Waals surface area contributed by atoms with Crippen LogP contribution in [-0.4, -0.2) is 52.7 Å². The fourth-order valence-electron chi connectivity index (χ4n) is 3.38. The molecule has 1 saturated carbocycles. The molecule has 2 N–H and O–H groups in total. The summed E-state index contributed by atoms with van der Waals surface area (Å²) in [6, 6.07) is 4.81. The molecule has 0 unspecified atom stereocenters. The monoisotopic (exact) mass is 559 g/mol. The minimum Gasteiger partial charge on any atom is -0.493 e. The molecule has 1 aliphatic rings. The van der Waals surface area contributed by atoms with Gasteiger partial charge in [0.25, 0.3) is 0 Å². The molecule has 0 amide bonds. The molecule has 6 nitrogen and oxygen atoms in total. The normalized spacial score (nSPS) is 15.5. The molecule has 1 aromatic rings. The number of guanidine groups is 1. The highest BCUT2D eigenvalue weighted by Crippen LogP contribution is 2.43. The predicted octanol–water partition coefficient (Wildman–Crippen LogP) is 4.52. The van der Waals surface area contributed by atoms with Gasteiger partial charge in [0, 0.05) is 26.8 Å². The zero-order chi connectivity index (χ0) is 22.0. The van der Waals surface area contributed by atoms with Crippen molar-refractivity contribution in [1.29, 1.82) is 0 Å². The first-order valence-electron chi connectivity index (χ1n) is 10.2. The van der Waals surface area contributed by atoms with Crippen molar-refractivity contribution in [2.45, 2.75) is 45.3 Å². The molecular formula is C21H33F3IN3O3. The van der Waals surface area contributed by atoms with E-state index in [-0.39, 0.29) is 40.9 Å². The van der Waals surface area contributed by atoms with Gasteiger partial charge in [0.05, 0.1) is 13.7 Å². The Labute approximate surface area is 199 Å². The molecule has 1 aliphatic carbocycles. The van der Waals surface area contributed by atoms with Gasteiger partial charge in [-0.1, -0.05) is 12.5 Å². The second-order valence-corrected chi connectivity index (χ2v) is 7.53. The van der Waals surface area contributed by atoms with Gasteiger partial charge in [0.15, 0.2) is 24.1 Å². The molecule has 0 saturated heterocycles. The van der Waals surface area contributed by atoms with Gasteiger partial charge < -0.3 is 24.8 Å². The molecule has 0 aliphatic heterocycles. The number of hydrogen-bond donors (Lipinski definition) is 2. The minimum absolute atomic E-state index is 0. The number of methoxy groups -OCH3 is 2. The standard InChI is InChI=1S/C21H32F3N3O3.HI/c1-4-25-19(27-14-20(8-5-9-20)10-11-28-2)26-13-16-6-7-17(18(12-16)29-3)30-15-21(22,23)24;/h6-7,12H,4-5,8-11,13-15H2,1-3H3,(H2,25,26,27);1H. The Balaban J connectivity index is 0.00000480. The molecule has 31 heavy (non-hydrogen) atoms. The maximum absolute atomic E-state index is 12.4. The SMILES string of the molecule is CCNC(=NCc1ccc(OCC(F)(F)F)c(OC)c1)NCC1(CCOC)CCC1.I. The van der Waals surface area contributed by atoms with Gasteiger partial charge in [-0.25, -0.2) is 4.99 Å². The molecule has 178 valence electrons. The van der Waals surface area contributed by atoms with Gasteiger partial charge >= 0.3 is 6.18 Å². The van der Waals surface area contributed by atoms with E-state index in [0.29, 0.717) is 12.5 Å². The highest BCUT2D eigenvalue weighted by Gasteiger charge is 2.36. The number of aliphatic imine (C=N–C) groups is 1. The van der Waals surface area contributed by atoms with Gasteiger partial charge in [-0.2, -0.15) is 13.2 Å². The number of nitrogens with one attached hydrogen (secondary N) is 2. The van der Waals surface area contributed by atoms with Crippen molar-refractivity contribution < 1.29 is 27.4 Å². The van der Waals surface area contributed by atoms with Crippen LogP contribution in [0.3, 0.4) is 0 Å². The van der Waals surface area contributed by atoms with Gasteiger partial charge in [-0.15, -0.1) is 24.0 Å². The molecule has 0 heterocycles. The number of rotatable bonds is 11. The van der Waals surface area contributed by atoms with Crippen molar-refractivity contribution in [1.82, 2.24) is 10.6 Å². The predicted molar refractivity (Wildman–Crippen MR) is 126 cm³/mol. The minimum atomic E-state index is -4.40. The van der Waals surface area contributed by atoms with E-state index in [1.54, 1.807) is 19.2 Å². The van der Waals surface area contributed by atoms with E-state index >= 15 is 0 Å². The van der Waals surface area contributed by atoms with E-state index < -0.39 is 12.8 Å². The van der Waals surface area contributed by atoms with Gasteiger partial charge in [0.2, 0.25) is 0 Å². The summed E-state index contributed by atoms with van der Waals surface area (Å²) in [6.45, 7) is 3.30. The molecule has 0 aromatic heterocycles. The average molecular weight is 559 g/mol. The zero-order valence-corrected chi connectivity index (χ0v) is 20.6. The Hall–Kier alpha value is -1.43. The van der Waals surface area contributed by atoms with Gasteiger partial charge in [-0.3, -0.25) is 0 Å². The van der Waals surface area contributed by atoms with E-state index in [9.17, 15) is 13.2 Å². The Morgan fingerprint density at radius 2 is 1.90 bits per heavy atom. The third-order valence-corrected chi connectivity index (χ3v) is 5.26. The molecule has 10 heteroatoms.